The Kier molecular flexibility index (Phi) is 5.82. The molecule has 126 valence electrons. The molecule has 0 atom stereocenters. The maximum atomic E-state index is 12.2. The van der Waals surface area contributed by atoms with Crippen molar-refractivity contribution in [3.05, 3.63) is 59.1 Å². The lowest BCUT2D eigenvalue weighted by molar-refractivity contribution is -0.116. The molecule has 0 aliphatic heterocycles. The van der Waals surface area contributed by atoms with Gasteiger partial charge in [-0.2, -0.15) is 0 Å². The Hall–Kier alpha value is -2.53. The number of carbonyl (C=O) groups excluding carboxylic acids is 2. The number of benzene rings is 2. The monoisotopic (exact) mass is 345 g/mol. The molecule has 0 spiro atoms. The van der Waals surface area contributed by atoms with Gasteiger partial charge in [-0.3, -0.25) is 4.79 Å². The minimum Gasteiger partial charge on any atom is -0.323 e. The molecule has 0 aliphatic carbocycles. The number of rotatable bonds is 4. The first-order chi connectivity index (χ1) is 11.4. The number of nitrogens with one attached hydrogen (secondary N) is 1. The quantitative estimate of drug-likeness (QED) is 0.911. The molecule has 5 nitrogen and oxygen atoms in total. The van der Waals surface area contributed by atoms with Gasteiger partial charge in [0.2, 0.25) is 5.91 Å². The van der Waals surface area contributed by atoms with Crippen molar-refractivity contribution < 1.29 is 9.59 Å². The summed E-state index contributed by atoms with van der Waals surface area (Å²) in [6.45, 7) is 1.96. The van der Waals surface area contributed by atoms with Crippen molar-refractivity contribution in [1.82, 2.24) is 4.90 Å². The van der Waals surface area contributed by atoms with Crippen LogP contribution in [0.3, 0.4) is 0 Å². The van der Waals surface area contributed by atoms with E-state index < -0.39 is 0 Å². The summed E-state index contributed by atoms with van der Waals surface area (Å²) in [5.74, 6) is -0.0481. The van der Waals surface area contributed by atoms with Crippen LogP contribution in [0.25, 0.3) is 0 Å². The molecule has 2 aromatic carbocycles. The molecule has 0 aliphatic rings. The minimum absolute atomic E-state index is 0.0481. The summed E-state index contributed by atoms with van der Waals surface area (Å²) >= 11 is 5.95. The average molecular weight is 346 g/mol. The largest absolute Gasteiger partial charge is 0.323 e. The van der Waals surface area contributed by atoms with Crippen molar-refractivity contribution in [2.75, 3.05) is 24.3 Å². The van der Waals surface area contributed by atoms with Gasteiger partial charge in [0.1, 0.15) is 0 Å². The van der Waals surface area contributed by atoms with Gasteiger partial charge in [0.25, 0.3) is 0 Å². The number of urea groups is 1. The Morgan fingerprint density at radius 2 is 1.75 bits per heavy atom. The Morgan fingerprint density at radius 3 is 2.33 bits per heavy atom. The highest BCUT2D eigenvalue weighted by Gasteiger charge is 2.10. The second kappa shape index (κ2) is 7.84. The van der Waals surface area contributed by atoms with Crippen molar-refractivity contribution >= 4 is 34.9 Å². The summed E-state index contributed by atoms with van der Waals surface area (Å²) in [4.78, 5) is 26.7. The molecule has 0 fully saturated rings. The molecule has 0 saturated carbocycles. The average Bonchev–Trinajstić information content (AvgIpc) is 2.54. The van der Waals surface area contributed by atoms with Crippen molar-refractivity contribution in [1.29, 1.82) is 0 Å². The highest BCUT2D eigenvalue weighted by Crippen LogP contribution is 2.18. The van der Waals surface area contributed by atoms with Gasteiger partial charge < -0.3 is 15.1 Å². The second-order valence-corrected chi connectivity index (χ2v) is 5.98. The summed E-state index contributed by atoms with van der Waals surface area (Å²) in [6, 6.07) is 14.3. The van der Waals surface area contributed by atoms with Crippen LogP contribution in [0, 0.1) is 0 Å². The van der Waals surface area contributed by atoms with Gasteiger partial charge in [-0.15, -0.1) is 0 Å². The van der Waals surface area contributed by atoms with Gasteiger partial charge >= 0.3 is 6.03 Å². The van der Waals surface area contributed by atoms with Gasteiger partial charge in [0, 0.05) is 44.0 Å². The predicted molar refractivity (Wildman–Crippen MR) is 97.5 cm³/mol. The van der Waals surface area contributed by atoms with E-state index in [1.807, 2.05) is 18.2 Å². The van der Waals surface area contributed by atoms with E-state index in [1.165, 1.54) is 11.8 Å². The molecule has 0 unspecified atom stereocenters. The van der Waals surface area contributed by atoms with E-state index in [4.69, 9.17) is 11.6 Å². The fourth-order valence-electron chi connectivity index (χ4n) is 2.15. The Labute approximate surface area is 146 Å². The Bertz CT molecular complexity index is 731. The summed E-state index contributed by atoms with van der Waals surface area (Å²) in [5.41, 5.74) is 2.39. The lowest BCUT2D eigenvalue weighted by Gasteiger charge is -2.19. The highest BCUT2D eigenvalue weighted by atomic mass is 35.5. The number of carbonyl (C=O) groups is 2. The van der Waals surface area contributed by atoms with Crippen LogP contribution >= 0.6 is 11.6 Å². The van der Waals surface area contributed by atoms with E-state index in [-0.39, 0.29) is 11.9 Å². The molecular formula is C18H20ClN3O2. The van der Waals surface area contributed by atoms with Crippen LogP contribution in [0.5, 0.6) is 0 Å². The van der Waals surface area contributed by atoms with Gasteiger partial charge in [-0.05, 0) is 42.0 Å². The number of halogens is 1. The molecule has 2 rings (SSSR count). The number of hydrogen-bond donors (Lipinski definition) is 1. The van der Waals surface area contributed by atoms with Crippen LogP contribution in [0.15, 0.2) is 48.5 Å². The standard InChI is InChI=1S/C18H20ClN3O2/c1-13(23)22(3)17-9-7-16(8-10-17)20-18(24)21(2)12-14-5-4-6-15(19)11-14/h4-11H,12H2,1-3H3,(H,20,24). The minimum atomic E-state index is -0.220. The third-order valence-corrected chi connectivity index (χ3v) is 3.87. The third-order valence-electron chi connectivity index (χ3n) is 3.63. The van der Waals surface area contributed by atoms with E-state index in [1.54, 1.807) is 49.3 Å². The Balaban J connectivity index is 1.97. The highest BCUT2D eigenvalue weighted by molar-refractivity contribution is 6.30. The first-order valence-corrected chi connectivity index (χ1v) is 7.85. The van der Waals surface area contributed by atoms with Gasteiger partial charge in [0.05, 0.1) is 0 Å². The summed E-state index contributed by atoms with van der Waals surface area (Å²) in [7, 11) is 3.42. The molecule has 0 radical (unpaired) electrons. The number of hydrogen-bond acceptors (Lipinski definition) is 2. The smallest absolute Gasteiger partial charge is 0.321 e. The van der Waals surface area contributed by atoms with Crippen LogP contribution in [-0.2, 0) is 11.3 Å². The van der Waals surface area contributed by atoms with Crippen molar-refractivity contribution in [2.45, 2.75) is 13.5 Å². The van der Waals surface area contributed by atoms with Crippen molar-refractivity contribution in [3.8, 4) is 0 Å². The second-order valence-electron chi connectivity index (χ2n) is 5.54. The Morgan fingerprint density at radius 1 is 1.08 bits per heavy atom. The fraction of sp³-hybridized carbons (Fsp3) is 0.222. The number of nitrogens with zero attached hydrogens (tertiary/aromatic N) is 2. The zero-order valence-corrected chi connectivity index (χ0v) is 14.7. The summed E-state index contributed by atoms with van der Waals surface area (Å²) in [6.07, 6.45) is 0. The first-order valence-electron chi connectivity index (χ1n) is 7.47. The maximum Gasteiger partial charge on any atom is 0.321 e. The molecule has 24 heavy (non-hydrogen) atoms. The van der Waals surface area contributed by atoms with E-state index in [0.29, 0.717) is 17.3 Å². The predicted octanol–water partition coefficient (Wildman–Crippen LogP) is 3.99. The van der Waals surface area contributed by atoms with Gasteiger partial charge in [0.15, 0.2) is 0 Å². The van der Waals surface area contributed by atoms with Crippen LogP contribution in [-0.4, -0.2) is 30.9 Å². The molecule has 6 heteroatoms. The van der Waals surface area contributed by atoms with Crippen LogP contribution < -0.4 is 10.2 Å². The normalized spacial score (nSPS) is 10.2. The van der Waals surface area contributed by atoms with Gasteiger partial charge in [-0.25, -0.2) is 4.79 Å². The zero-order chi connectivity index (χ0) is 17.7. The fourth-order valence-corrected chi connectivity index (χ4v) is 2.36. The van der Waals surface area contributed by atoms with E-state index >= 15 is 0 Å². The SMILES string of the molecule is CC(=O)N(C)c1ccc(NC(=O)N(C)Cc2cccc(Cl)c2)cc1. The molecule has 1 N–H and O–H groups in total. The van der Waals surface area contributed by atoms with Gasteiger partial charge in [-0.1, -0.05) is 23.7 Å². The van der Waals surface area contributed by atoms with E-state index in [9.17, 15) is 9.59 Å². The lowest BCUT2D eigenvalue weighted by Crippen LogP contribution is -2.30. The molecule has 0 saturated heterocycles. The topological polar surface area (TPSA) is 52.7 Å². The molecule has 0 heterocycles. The van der Waals surface area contributed by atoms with Crippen LogP contribution in [0.4, 0.5) is 16.2 Å². The summed E-state index contributed by atoms with van der Waals surface area (Å²) < 4.78 is 0. The third kappa shape index (κ3) is 4.73. The van der Waals surface area contributed by atoms with Crippen molar-refractivity contribution in [3.63, 3.8) is 0 Å². The zero-order valence-electron chi connectivity index (χ0n) is 13.9. The van der Waals surface area contributed by atoms with Crippen LogP contribution in [0.1, 0.15) is 12.5 Å². The van der Waals surface area contributed by atoms with Crippen molar-refractivity contribution in [2.24, 2.45) is 0 Å². The molecular weight excluding hydrogens is 326 g/mol. The molecule has 2 aromatic rings. The maximum absolute atomic E-state index is 12.2. The molecule has 0 bridgehead atoms. The summed E-state index contributed by atoms with van der Waals surface area (Å²) in [5, 5.41) is 3.47. The molecule has 3 amide bonds. The van der Waals surface area contributed by atoms with E-state index in [2.05, 4.69) is 5.32 Å². The lowest BCUT2D eigenvalue weighted by atomic mass is 10.2. The van der Waals surface area contributed by atoms with E-state index in [0.717, 1.165) is 11.3 Å². The first kappa shape index (κ1) is 17.8. The molecule has 0 aromatic heterocycles. The number of anilines is 2. The van der Waals surface area contributed by atoms with Crippen LogP contribution in [0.2, 0.25) is 5.02 Å². The number of amides is 3.